The molecule has 112 valence electrons. The second-order valence-electron chi connectivity index (χ2n) is 5.54. The highest BCUT2D eigenvalue weighted by atomic mass is 79.9. The van der Waals surface area contributed by atoms with E-state index in [0.29, 0.717) is 24.6 Å². The summed E-state index contributed by atoms with van der Waals surface area (Å²) < 4.78 is 24.5. The molecule has 1 unspecified atom stereocenters. The van der Waals surface area contributed by atoms with Gasteiger partial charge in [0, 0.05) is 21.6 Å². The molecule has 0 bridgehead atoms. The van der Waals surface area contributed by atoms with E-state index < -0.39 is 9.84 Å². The van der Waals surface area contributed by atoms with Gasteiger partial charge in [0.1, 0.15) is 0 Å². The van der Waals surface area contributed by atoms with Gasteiger partial charge < -0.3 is 0 Å². The summed E-state index contributed by atoms with van der Waals surface area (Å²) in [5.74, 6) is 1.26. The van der Waals surface area contributed by atoms with Crippen LogP contribution in [0.3, 0.4) is 0 Å². The van der Waals surface area contributed by atoms with Crippen LogP contribution in [0.5, 0.6) is 0 Å². The average Bonchev–Trinajstić information content (AvgIpc) is 2.77. The van der Waals surface area contributed by atoms with E-state index in [2.05, 4.69) is 15.9 Å². The Labute approximate surface area is 138 Å². The van der Waals surface area contributed by atoms with Crippen molar-refractivity contribution in [2.24, 2.45) is 11.3 Å². The summed E-state index contributed by atoms with van der Waals surface area (Å²) in [5.41, 5.74) is 0.776. The number of rotatable bonds is 5. The molecule has 0 aromatic heterocycles. The Morgan fingerprint density at radius 3 is 2.50 bits per heavy atom. The second kappa shape index (κ2) is 6.55. The van der Waals surface area contributed by atoms with Gasteiger partial charge in [-0.05, 0) is 36.5 Å². The molecule has 0 N–H and O–H groups in total. The molecule has 6 heteroatoms. The van der Waals surface area contributed by atoms with E-state index in [1.54, 1.807) is 0 Å². The Morgan fingerprint density at radius 2 is 2.00 bits per heavy atom. The first-order valence-corrected chi connectivity index (χ1v) is 10.2. The number of halogens is 3. The lowest BCUT2D eigenvalue weighted by atomic mass is 9.74. The van der Waals surface area contributed by atoms with Crippen LogP contribution in [-0.2, 0) is 16.3 Å². The monoisotopic (exact) mass is 398 g/mol. The molecule has 2 nitrogen and oxygen atoms in total. The molecule has 1 aliphatic rings. The molecule has 1 fully saturated rings. The number of hydrogen-bond donors (Lipinski definition) is 0. The van der Waals surface area contributed by atoms with Crippen LogP contribution in [0.4, 0.5) is 0 Å². The molecular weight excluding hydrogens is 383 g/mol. The Kier molecular flexibility index (Phi) is 5.44. The molecule has 20 heavy (non-hydrogen) atoms. The maximum Gasteiger partial charge on any atom is 0.150 e. The van der Waals surface area contributed by atoms with Gasteiger partial charge >= 0.3 is 0 Å². The highest BCUT2D eigenvalue weighted by Gasteiger charge is 2.43. The van der Waals surface area contributed by atoms with Crippen molar-refractivity contribution in [3.63, 3.8) is 0 Å². The molecule has 2 rings (SSSR count). The van der Waals surface area contributed by atoms with Crippen molar-refractivity contribution in [1.29, 1.82) is 0 Å². The normalized spacial score (nSPS) is 22.1. The van der Waals surface area contributed by atoms with E-state index in [1.165, 1.54) is 0 Å². The van der Waals surface area contributed by atoms with Crippen molar-refractivity contribution >= 4 is 49.0 Å². The van der Waals surface area contributed by atoms with Gasteiger partial charge in [-0.3, -0.25) is 0 Å². The molecule has 1 aromatic rings. The van der Waals surface area contributed by atoms with Crippen LogP contribution in [0.15, 0.2) is 28.7 Å². The minimum atomic E-state index is -2.93. The minimum absolute atomic E-state index is 0.0430. The quantitative estimate of drug-likeness (QED) is 0.703. The predicted molar refractivity (Wildman–Crippen MR) is 88.5 cm³/mol. The second-order valence-corrected chi connectivity index (χ2v) is 9.22. The summed E-state index contributed by atoms with van der Waals surface area (Å²) in [6.45, 7) is 0. The molecule has 1 saturated heterocycles. The van der Waals surface area contributed by atoms with Gasteiger partial charge in [-0.25, -0.2) is 8.42 Å². The molecule has 0 amide bonds. The Balaban J connectivity index is 2.26. The van der Waals surface area contributed by atoms with Crippen LogP contribution < -0.4 is 0 Å². The van der Waals surface area contributed by atoms with Crippen molar-refractivity contribution < 1.29 is 8.42 Å². The van der Waals surface area contributed by atoms with Crippen LogP contribution in [0.25, 0.3) is 0 Å². The fraction of sp³-hybridized carbons (Fsp3) is 0.571. The predicted octanol–water partition coefficient (Wildman–Crippen LogP) is 3.89. The molecule has 1 heterocycles. The standard InChI is InChI=1S/C14H17BrCl2O2S/c15-13-3-1-2-11(6-13)7-14(9-16,10-17)12-4-5-20(18,19)8-12/h1-3,6,12H,4-5,7-10H2. The maximum absolute atomic E-state index is 11.7. The molecule has 1 atom stereocenters. The third kappa shape index (κ3) is 3.70. The summed E-state index contributed by atoms with van der Waals surface area (Å²) in [6.07, 6.45) is 1.37. The third-order valence-electron chi connectivity index (χ3n) is 4.08. The summed E-state index contributed by atoms with van der Waals surface area (Å²) in [4.78, 5) is 0. The van der Waals surface area contributed by atoms with Crippen LogP contribution in [-0.4, -0.2) is 31.7 Å². The van der Waals surface area contributed by atoms with Gasteiger partial charge in [-0.15, -0.1) is 23.2 Å². The Hall–Kier alpha value is 0.230. The first-order chi connectivity index (χ1) is 9.41. The van der Waals surface area contributed by atoms with E-state index >= 15 is 0 Å². The molecule has 0 radical (unpaired) electrons. The lowest BCUT2D eigenvalue weighted by Gasteiger charge is -2.35. The number of alkyl halides is 2. The average molecular weight is 400 g/mol. The molecule has 0 saturated carbocycles. The molecule has 0 spiro atoms. The zero-order chi connectivity index (χ0) is 14.8. The van der Waals surface area contributed by atoms with Gasteiger partial charge in [-0.2, -0.15) is 0 Å². The van der Waals surface area contributed by atoms with Gasteiger partial charge in [0.25, 0.3) is 0 Å². The lowest BCUT2D eigenvalue weighted by Crippen LogP contribution is -2.37. The van der Waals surface area contributed by atoms with Gasteiger partial charge in [0.2, 0.25) is 0 Å². The summed E-state index contributed by atoms with van der Waals surface area (Å²) in [7, 11) is -2.93. The number of benzene rings is 1. The van der Waals surface area contributed by atoms with Crippen molar-refractivity contribution in [1.82, 2.24) is 0 Å². The summed E-state index contributed by atoms with van der Waals surface area (Å²) >= 11 is 15.8. The van der Waals surface area contributed by atoms with Crippen LogP contribution >= 0.6 is 39.1 Å². The highest BCUT2D eigenvalue weighted by molar-refractivity contribution is 9.10. The first kappa shape index (κ1) is 16.6. The van der Waals surface area contributed by atoms with Crippen molar-refractivity contribution in [3.8, 4) is 0 Å². The number of sulfone groups is 1. The Morgan fingerprint density at radius 1 is 1.30 bits per heavy atom. The smallest absolute Gasteiger partial charge is 0.150 e. The zero-order valence-corrected chi connectivity index (χ0v) is 14.9. The van der Waals surface area contributed by atoms with E-state index in [4.69, 9.17) is 23.2 Å². The highest BCUT2D eigenvalue weighted by Crippen LogP contribution is 2.41. The Bertz CT molecular complexity index is 570. The van der Waals surface area contributed by atoms with E-state index in [-0.39, 0.29) is 22.8 Å². The van der Waals surface area contributed by atoms with Crippen LogP contribution in [0, 0.1) is 11.3 Å². The number of hydrogen-bond acceptors (Lipinski definition) is 2. The molecule has 0 aliphatic carbocycles. The zero-order valence-electron chi connectivity index (χ0n) is 11.0. The fourth-order valence-electron chi connectivity index (χ4n) is 2.82. The largest absolute Gasteiger partial charge is 0.229 e. The van der Waals surface area contributed by atoms with E-state index in [9.17, 15) is 8.42 Å². The SMILES string of the molecule is O=S1(=O)CCC(C(CCl)(CCl)Cc2cccc(Br)c2)C1. The lowest BCUT2D eigenvalue weighted by molar-refractivity contribution is 0.244. The van der Waals surface area contributed by atoms with Gasteiger partial charge in [-0.1, -0.05) is 28.1 Å². The van der Waals surface area contributed by atoms with Crippen molar-refractivity contribution in [2.75, 3.05) is 23.3 Å². The first-order valence-electron chi connectivity index (χ1n) is 6.47. The minimum Gasteiger partial charge on any atom is -0.229 e. The topological polar surface area (TPSA) is 34.1 Å². The molecule has 1 aliphatic heterocycles. The summed E-state index contributed by atoms with van der Waals surface area (Å²) in [6, 6.07) is 8.00. The molecule has 1 aromatic carbocycles. The van der Waals surface area contributed by atoms with Crippen LogP contribution in [0.1, 0.15) is 12.0 Å². The van der Waals surface area contributed by atoms with E-state index in [1.807, 2.05) is 24.3 Å². The maximum atomic E-state index is 11.7. The van der Waals surface area contributed by atoms with Crippen LogP contribution in [0.2, 0.25) is 0 Å². The van der Waals surface area contributed by atoms with Gasteiger partial charge in [0.15, 0.2) is 9.84 Å². The molecular formula is C14H17BrCl2O2S. The third-order valence-corrected chi connectivity index (χ3v) is 7.40. The van der Waals surface area contributed by atoms with Crippen molar-refractivity contribution in [2.45, 2.75) is 12.8 Å². The van der Waals surface area contributed by atoms with E-state index in [0.717, 1.165) is 10.0 Å². The summed E-state index contributed by atoms with van der Waals surface area (Å²) in [5, 5.41) is 0. The fourth-order valence-corrected chi connectivity index (χ4v) is 6.13. The van der Waals surface area contributed by atoms with Gasteiger partial charge in [0.05, 0.1) is 11.5 Å². The van der Waals surface area contributed by atoms with Crippen molar-refractivity contribution in [3.05, 3.63) is 34.3 Å².